The van der Waals surface area contributed by atoms with E-state index in [1.807, 2.05) is 54.6 Å². The number of benzene rings is 10. The van der Waals surface area contributed by atoms with Crippen LogP contribution in [0.1, 0.15) is 108 Å². The average Bonchev–Trinajstić information content (AvgIpc) is 4.21. The quantitative estimate of drug-likeness (QED) is 0.0820. The standard InChI is InChI=1S/C45H35N2S.C25H25N2.Ir/c1-27(2)31-18-12-19-32(28(3)4)43(31)47-41-23-11-10-22-40(41)46-45(47)36-21-13-20-35-39-26-38-30(25-42(39)48-44(35)36)24-37(29-14-6-5-7-15-29)33-16-8-9-17-34(33)38;1-17(2)20-13-10-14-21(18(3)4)24(20)27-23-16-9-8-15-22(23)26-25(27)19-11-6-5-7-12-19;/h5-20,22-28H,1-4H3;5-11,13-18H,1-4H3;/q2*-1;+3/i5D,6D,7D,14D,15D;;. The summed E-state index contributed by atoms with van der Waals surface area (Å²) in [5.41, 5.74) is 14.6. The van der Waals surface area contributed by atoms with Crippen LogP contribution in [0.4, 0.5) is 0 Å². The van der Waals surface area contributed by atoms with Crippen molar-refractivity contribution >= 4 is 75.1 Å². The van der Waals surface area contributed by atoms with Crippen molar-refractivity contribution in [3.8, 4) is 45.3 Å². The van der Waals surface area contributed by atoms with Gasteiger partial charge in [0.05, 0.1) is 40.6 Å². The second kappa shape index (κ2) is 20.9. The van der Waals surface area contributed by atoms with E-state index in [-0.39, 0.29) is 49.8 Å². The molecule has 0 spiro atoms. The van der Waals surface area contributed by atoms with Crippen LogP contribution in [0.5, 0.6) is 0 Å². The Bertz CT molecular complexity index is 4490. The van der Waals surface area contributed by atoms with E-state index >= 15 is 0 Å². The number of aromatic nitrogens is 4. The number of fused-ring (bicyclic) bond motifs is 8. The van der Waals surface area contributed by atoms with Crippen molar-refractivity contribution < 1.29 is 31.5 Å². The van der Waals surface area contributed by atoms with Crippen molar-refractivity contribution in [1.29, 1.82) is 0 Å². The average molecular weight is 1190 g/mol. The topological polar surface area (TPSA) is 35.8 Å². The first-order valence-corrected chi connectivity index (χ1v) is 26.9. The molecule has 13 rings (SSSR count). The van der Waals surface area contributed by atoms with Crippen molar-refractivity contribution in [1.82, 2.24) is 14.5 Å². The molecule has 0 radical (unpaired) electrons. The third-order valence-corrected chi connectivity index (χ3v) is 15.8. The van der Waals surface area contributed by atoms with Crippen molar-refractivity contribution in [2.24, 2.45) is 0 Å². The van der Waals surface area contributed by atoms with Crippen LogP contribution in [0.25, 0.3) is 109 Å². The predicted octanol–water partition coefficient (Wildman–Crippen LogP) is 18.9. The Kier molecular flexibility index (Phi) is 12.3. The molecule has 0 saturated carbocycles. The predicted molar refractivity (Wildman–Crippen MR) is 318 cm³/mol. The third kappa shape index (κ3) is 8.86. The molecular weight excluding hydrogens is 1120 g/mol. The molecule has 0 aliphatic heterocycles. The van der Waals surface area contributed by atoms with E-state index in [2.05, 4.69) is 186 Å². The monoisotopic (exact) mass is 1190 g/mol. The maximum Gasteiger partial charge on any atom is 3.00 e. The van der Waals surface area contributed by atoms with E-state index in [9.17, 15) is 0 Å². The van der Waals surface area contributed by atoms with Gasteiger partial charge in [-0.25, -0.2) is 0 Å². The molecular formula is C70H60IrN4S+. The number of nitrogens with zero attached hydrogens (tertiary/aromatic N) is 4. The summed E-state index contributed by atoms with van der Waals surface area (Å²) in [7, 11) is 0. The first-order chi connectivity index (χ1) is 38.6. The Hall–Kier alpha value is -7.47. The molecule has 0 N–H and O–H groups in total. The molecule has 0 fully saturated rings. The summed E-state index contributed by atoms with van der Waals surface area (Å²) in [6.45, 7) is 18.0. The fourth-order valence-corrected chi connectivity index (χ4v) is 12.2. The molecule has 0 amide bonds. The first-order valence-electron chi connectivity index (χ1n) is 28.6. The van der Waals surface area contributed by atoms with Gasteiger partial charge in [0.1, 0.15) is 0 Å². The minimum Gasteiger partial charge on any atom is -0.333 e. The molecule has 0 saturated heterocycles. The summed E-state index contributed by atoms with van der Waals surface area (Å²) < 4.78 is 49.3. The number of para-hydroxylation sites is 6. The van der Waals surface area contributed by atoms with Crippen molar-refractivity contribution in [3.05, 3.63) is 228 Å². The largest absolute Gasteiger partial charge is 3.00 e. The van der Waals surface area contributed by atoms with Crippen molar-refractivity contribution in [2.45, 2.75) is 79.1 Å². The first kappa shape index (κ1) is 44.8. The summed E-state index contributed by atoms with van der Waals surface area (Å²) in [6, 6.07) is 62.2. The van der Waals surface area contributed by atoms with Gasteiger partial charge in [-0.2, -0.15) is 11.3 Å². The minimum absolute atomic E-state index is 0. The molecule has 10 aromatic carbocycles. The van der Waals surface area contributed by atoms with E-state index in [1.165, 1.54) is 33.6 Å². The van der Waals surface area contributed by atoms with Gasteiger partial charge in [0, 0.05) is 16.1 Å². The Morgan fingerprint density at radius 3 is 1.92 bits per heavy atom. The van der Waals surface area contributed by atoms with Gasteiger partial charge in [-0.3, -0.25) is 9.97 Å². The maximum atomic E-state index is 8.78. The van der Waals surface area contributed by atoms with Crippen LogP contribution in [0, 0.1) is 12.1 Å². The van der Waals surface area contributed by atoms with E-state index in [0.29, 0.717) is 29.2 Å². The molecule has 3 aromatic heterocycles. The van der Waals surface area contributed by atoms with Gasteiger partial charge in [-0.1, -0.05) is 181 Å². The number of thiophene rings is 1. The van der Waals surface area contributed by atoms with Gasteiger partial charge in [-0.15, -0.1) is 54.1 Å². The molecule has 13 aromatic rings. The van der Waals surface area contributed by atoms with Crippen LogP contribution in [-0.2, 0) is 20.1 Å². The molecule has 4 nitrogen and oxygen atoms in total. The van der Waals surface area contributed by atoms with Crippen LogP contribution in [0.15, 0.2) is 194 Å². The van der Waals surface area contributed by atoms with Crippen LogP contribution in [0.3, 0.4) is 0 Å². The molecule has 0 atom stereocenters. The summed E-state index contributed by atoms with van der Waals surface area (Å²) in [6.07, 6.45) is 0. The molecule has 0 bridgehead atoms. The maximum absolute atomic E-state index is 8.78. The van der Waals surface area contributed by atoms with Crippen molar-refractivity contribution in [3.63, 3.8) is 0 Å². The summed E-state index contributed by atoms with van der Waals surface area (Å²) in [5.74, 6) is 3.26. The molecule has 0 aliphatic carbocycles. The molecule has 76 heavy (non-hydrogen) atoms. The van der Waals surface area contributed by atoms with Crippen molar-refractivity contribution in [2.75, 3.05) is 0 Å². The summed E-state index contributed by atoms with van der Waals surface area (Å²) in [4.78, 5) is 10.3. The molecule has 3 heterocycles. The zero-order valence-corrected chi connectivity index (χ0v) is 47.1. The fraction of sp³-hybridized carbons (Fsp3) is 0.171. The van der Waals surface area contributed by atoms with Crippen LogP contribution < -0.4 is 9.55 Å². The normalized spacial score (nSPS) is 12.7. The van der Waals surface area contributed by atoms with Crippen LogP contribution in [-0.4, -0.2) is 9.55 Å². The minimum atomic E-state index is -0.393. The Balaban J connectivity index is 0.000000207. The molecule has 0 unspecified atom stereocenters. The molecule has 0 aliphatic rings. The Labute approximate surface area is 471 Å². The number of imidazole rings is 2. The third-order valence-electron chi connectivity index (χ3n) is 14.6. The Morgan fingerprint density at radius 1 is 0.579 bits per heavy atom. The van der Waals surface area contributed by atoms with Gasteiger partial charge in [0.25, 0.3) is 0 Å². The summed E-state index contributed by atoms with van der Waals surface area (Å²) >= 11 is 1.71. The van der Waals surface area contributed by atoms with Gasteiger partial charge in [-0.05, 0) is 131 Å². The zero-order valence-electron chi connectivity index (χ0n) is 48.9. The van der Waals surface area contributed by atoms with Crippen LogP contribution >= 0.6 is 11.3 Å². The fourth-order valence-electron chi connectivity index (χ4n) is 11.0. The van der Waals surface area contributed by atoms with E-state index in [4.69, 9.17) is 16.8 Å². The number of hydrogen-bond donors (Lipinski definition) is 0. The van der Waals surface area contributed by atoms with Gasteiger partial charge >= 0.3 is 20.1 Å². The Morgan fingerprint density at radius 2 is 1.22 bits per heavy atom. The van der Waals surface area contributed by atoms with Gasteiger partial charge < -0.3 is 9.13 Å². The number of rotatable bonds is 9. The smallest absolute Gasteiger partial charge is 0.333 e. The molecule has 374 valence electrons. The summed E-state index contributed by atoms with van der Waals surface area (Å²) in [5, 5.41) is 6.03. The van der Waals surface area contributed by atoms with Crippen LogP contribution in [0.2, 0.25) is 0 Å². The van der Waals surface area contributed by atoms with Gasteiger partial charge in [0.2, 0.25) is 0 Å². The van der Waals surface area contributed by atoms with Gasteiger partial charge in [0.15, 0.2) is 0 Å². The molecule has 6 heteroatoms. The number of hydrogen-bond acceptors (Lipinski definition) is 2. The van der Waals surface area contributed by atoms with E-state index < -0.39 is 6.04 Å². The second-order valence-electron chi connectivity index (χ2n) is 20.7. The SMILES string of the molecule is CC(C)c1cccc(C(C)C)c1-n1c(-c2[c-]cccc2)nc2ccccc21.[2H]c1c([2H])c([2H])c(-c2cc3cc4sc5c(-c6[n-]c7ccccc7[n+]6-c6c(C(C)C)cccc6C(C)C)[c-]ccc5c4cc3c3ccccc23)c([2H])c1[2H].[Ir+3]. The second-order valence-corrected chi connectivity index (χ2v) is 21.8. The van der Waals surface area contributed by atoms with E-state index in [0.717, 1.165) is 86.6 Å². The zero-order chi connectivity index (χ0) is 55.8. The van der Waals surface area contributed by atoms with E-state index in [1.54, 1.807) is 11.3 Å².